The fraction of sp³-hybridized carbons (Fsp3) is 0.765. The second kappa shape index (κ2) is 7.63. The van der Waals surface area contributed by atoms with Crippen LogP contribution in [0.25, 0.3) is 0 Å². The lowest BCUT2D eigenvalue weighted by atomic mass is 9.69. The van der Waals surface area contributed by atoms with Crippen LogP contribution in [-0.4, -0.2) is 66.6 Å². The maximum atomic E-state index is 11.9. The minimum absolute atomic E-state index is 0.0508. The Morgan fingerprint density at radius 2 is 2.25 bits per heavy atom. The molecule has 1 atom stereocenters. The molecule has 2 aliphatic heterocycles. The number of hydrogen-bond donors (Lipinski definition) is 1. The first kappa shape index (κ1) is 17.4. The number of nitrogens with zero attached hydrogens (tertiary/aromatic N) is 3. The zero-order valence-corrected chi connectivity index (χ0v) is 14.7. The van der Waals surface area contributed by atoms with E-state index in [1.54, 1.807) is 7.11 Å². The third-order valence-corrected chi connectivity index (χ3v) is 5.40. The highest BCUT2D eigenvalue weighted by Crippen LogP contribution is 2.41. The van der Waals surface area contributed by atoms with E-state index in [9.17, 15) is 4.79 Å². The van der Waals surface area contributed by atoms with Crippen LogP contribution < -0.4 is 5.32 Å². The molecule has 1 aromatic heterocycles. The zero-order chi connectivity index (χ0) is 17.0. The predicted octanol–water partition coefficient (Wildman–Crippen LogP) is 0.554. The van der Waals surface area contributed by atoms with Gasteiger partial charge in [-0.05, 0) is 37.8 Å². The first-order chi connectivity index (χ1) is 11.6. The average Bonchev–Trinajstić information content (AvgIpc) is 2.97. The number of carbonyl (C=O) groups excluding carboxylic acids is 1. The molecule has 0 bridgehead atoms. The van der Waals surface area contributed by atoms with Crippen LogP contribution >= 0.6 is 0 Å². The molecular weight excluding hydrogens is 308 g/mol. The molecule has 0 aliphatic carbocycles. The van der Waals surface area contributed by atoms with E-state index in [0.29, 0.717) is 6.61 Å². The van der Waals surface area contributed by atoms with Gasteiger partial charge in [0.05, 0.1) is 18.8 Å². The Hall–Kier alpha value is -1.44. The Bertz CT molecular complexity index is 552. The van der Waals surface area contributed by atoms with Gasteiger partial charge in [0.25, 0.3) is 0 Å². The van der Waals surface area contributed by atoms with Crippen LogP contribution in [0.15, 0.2) is 12.4 Å². The van der Waals surface area contributed by atoms with Crippen molar-refractivity contribution in [2.75, 3.05) is 40.0 Å². The van der Waals surface area contributed by atoms with E-state index in [4.69, 9.17) is 9.47 Å². The molecular formula is C17H28N4O3. The molecule has 1 N–H and O–H groups in total. The normalized spacial score (nSPS) is 24.2. The van der Waals surface area contributed by atoms with Crippen LogP contribution in [0.2, 0.25) is 0 Å². The Morgan fingerprint density at radius 1 is 1.46 bits per heavy atom. The lowest BCUT2D eigenvalue weighted by molar-refractivity contribution is -0.130. The molecule has 7 heteroatoms. The molecule has 1 spiro atoms. The van der Waals surface area contributed by atoms with Crippen molar-refractivity contribution >= 4 is 5.91 Å². The predicted molar refractivity (Wildman–Crippen MR) is 89.4 cm³/mol. The van der Waals surface area contributed by atoms with E-state index in [0.717, 1.165) is 45.5 Å². The number of ether oxygens (including phenoxy) is 2. The van der Waals surface area contributed by atoms with Gasteiger partial charge in [-0.2, -0.15) is 5.10 Å². The first-order valence-electron chi connectivity index (χ1n) is 8.67. The fourth-order valence-electron chi connectivity index (χ4n) is 3.96. The minimum atomic E-state index is -0.0508. The summed E-state index contributed by atoms with van der Waals surface area (Å²) in [6, 6.07) is 0.0921. The molecule has 3 rings (SSSR count). The summed E-state index contributed by atoms with van der Waals surface area (Å²) in [4.78, 5) is 14.4. The largest absolute Gasteiger partial charge is 0.379 e. The number of hydrogen-bond acceptors (Lipinski definition) is 5. The molecule has 1 aromatic rings. The monoisotopic (exact) mass is 336 g/mol. The second-order valence-corrected chi connectivity index (χ2v) is 7.04. The van der Waals surface area contributed by atoms with Crippen LogP contribution in [0.3, 0.4) is 0 Å². The highest BCUT2D eigenvalue weighted by molar-refractivity contribution is 5.77. The number of piperidine rings is 1. The van der Waals surface area contributed by atoms with Crippen LogP contribution in [0.4, 0.5) is 0 Å². The molecule has 2 aliphatic rings. The Balaban J connectivity index is 1.58. The molecule has 134 valence electrons. The van der Waals surface area contributed by atoms with Crippen molar-refractivity contribution in [3.63, 3.8) is 0 Å². The SMILES string of the molecule is COCC(=O)NC1COCCC12CCN(Cc1cnn(C)c1)CC2. The van der Waals surface area contributed by atoms with E-state index in [2.05, 4.69) is 21.5 Å². The summed E-state index contributed by atoms with van der Waals surface area (Å²) in [5, 5.41) is 7.37. The van der Waals surface area contributed by atoms with Gasteiger partial charge in [0.1, 0.15) is 6.61 Å². The quantitative estimate of drug-likeness (QED) is 0.851. The van der Waals surface area contributed by atoms with E-state index in [1.807, 2.05) is 17.9 Å². The fourth-order valence-corrected chi connectivity index (χ4v) is 3.96. The van der Waals surface area contributed by atoms with Crippen molar-refractivity contribution < 1.29 is 14.3 Å². The second-order valence-electron chi connectivity index (χ2n) is 7.04. The van der Waals surface area contributed by atoms with E-state index in [-0.39, 0.29) is 24.0 Å². The average molecular weight is 336 g/mol. The van der Waals surface area contributed by atoms with Crippen molar-refractivity contribution in [2.45, 2.75) is 31.8 Å². The molecule has 0 saturated carbocycles. The molecule has 0 aromatic carbocycles. The lowest BCUT2D eigenvalue weighted by Gasteiger charge is -2.49. The van der Waals surface area contributed by atoms with Crippen molar-refractivity contribution in [3.8, 4) is 0 Å². The number of aromatic nitrogens is 2. The molecule has 1 amide bonds. The summed E-state index contributed by atoms with van der Waals surface area (Å²) in [6.07, 6.45) is 7.22. The minimum Gasteiger partial charge on any atom is -0.379 e. The number of carbonyl (C=O) groups is 1. The Labute approximate surface area is 143 Å². The van der Waals surface area contributed by atoms with Gasteiger partial charge in [-0.25, -0.2) is 0 Å². The summed E-state index contributed by atoms with van der Waals surface area (Å²) < 4.78 is 12.4. The summed E-state index contributed by atoms with van der Waals surface area (Å²) >= 11 is 0. The van der Waals surface area contributed by atoms with Crippen molar-refractivity contribution in [3.05, 3.63) is 18.0 Å². The first-order valence-corrected chi connectivity index (χ1v) is 8.67. The summed E-state index contributed by atoms with van der Waals surface area (Å²) in [5.74, 6) is -0.0508. The summed E-state index contributed by atoms with van der Waals surface area (Å²) in [7, 11) is 3.49. The standard InChI is InChI=1S/C17H28N4O3/c1-20-10-14(9-18-20)11-21-6-3-17(4-7-21)5-8-24-12-15(17)19-16(22)13-23-2/h9-10,15H,3-8,11-13H2,1-2H3,(H,19,22). The van der Waals surface area contributed by atoms with Crippen LogP contribution in [-0.2, 0) is 27.9 Å². The maximum absolute atomic E-state index is 11.9. The highest BCUT2D eigenvalue weighted by Gasteiger charge is 2.44. The van der Waals surface area contributed by atoms with Gasteiger partial charge < -0.3 is 14.8 Å². The van der Waals surface area contributed by atoms with Gasteiger partial charge in [0, 0.05) is 39.1 Å². The Kier molecular flexibility index (Phi) is 5.53. The van der Waals surface area contributed by atoms with Crippen LogP contribution in [0.1, 0.15) is 24.8 Å². The van der Waals surface area contributed by atoms with Crippen molar-refractivity contribution in [1.29, 1.82) is 0 Å². The summed E-state index contributed by atoms with van der Waals surface area (Å²) in [6.45, 7) is 4.55. The van der Waals surface area contributed by atoms with Gasteiger partial charge in [-0.15, -0.1) is 0 Å². The van der Waals surface area contributed by atoms with Gasteiger partial charge in [-0.1, -0.05) is 0 Å². The topological polar surface area (TPSA) is 68.6 Å². The number of methoxy groups -OCH3 is 1. The van der Waals surface area contributed by atoms with Gasteiger partial charge in [0.15, 0.2) is 0 Å². The maximum Gasteiger partial charge on any atom is 0.246 e. The molecule has 0 radical (unpaired) electrons. The number of nitrogens with one attached hydrogen (secondary N) is 1. The number of likely N-dealkylation sites (tertiary alicyclic amines) is 1. The molecule has 1 unspecified atom stereocenters. The third-order valence-electron chi connectivity index (χ3n) is 5.40. The molecule has 2 saturated heterocycles. The highest BCUT2D eigenvalue weighted by atomic mass is 16.5. The van der Waals surface area contributed by atoms with E-state index < -0.39 is 0 Å². The Morgan fingerprint density at radius 3 is 2.92 bits per heavy atom. The van der Waals surface area contributed by atoms with Crippen molar-refractivity contribution in [1.82, 2.24) is 20.0 Å². The van der Waals surface area contributed by atoms with Gasteiger partial charge >= 0.3 is 0 Å². The van der Waals surface area contributed by atoms with Crippen LogP contribution in [0, 0.1) is 5.41 Å². The summed E-state index contributed by atoms with van der Waals surface area (Å²) in [5.41, 5.74) is 1.41. The smallest absolute Gasteiger partial charge is 0.246 e. The lowest BCUT2D eigenvalue weighted by Crippen LogP contribution is -2.57. The van der Waals surface area contributed by atoms with Crippen LogP contribution in [0.5, 0.6) is 0 Å². The van der Waals surface area contributed by atoms with Gasteiger partial charge in [0.2, 0.25) is 5.91 Å². The molecule has 7 nitrogen and oxygen atoms in total. The molecule has 3 heterocycles. The zero-order valence-electron chi connectivity index (χ0n) is 14.7. The number of aryl methyl sites for hydroxylation is 1. The van der Waals surface area contributed by atoms with Crippen molar-refractivity contribution in [2.24, 2.45) is 12.5 Å². The molecule has 24 heavy (non-hydrogen) atoms. The van der Waals surface area contributed by atoms with E-state index in [1.165, 1.54) is 5.56 Å². The van der Waals surface area contributed by atoms with Gasteiger partial charge in [-0.3, -0.25) is 14.4 Å². The molecule has 2 fully saturated rings. The third kappa shape index (κ3) is 3.96. The number of rotatable bonds is 5. The van der Waals surface area contributed by atoms with E-state index >= 15 is 0 Å². The number of amides is 1.